The number of benzene rings is 2. The molecule has 188 valence electrons. The molecule has 4 rings (SSSR count). The second-order valence-electron chi connectivity index (χ2n) is 9.93. The molecule has 1 aliphatic heterocycles. The molecule has 0 fully saturated rings. The molecule has 0 saturated carbocycles. The van der Waals surface area contributed by atoms with E-state index in [1.165, 1.54) is 19.2 Å². The van der Waals surface area contributed by atoms with E-state index in [9.17, 15) is 19.7 Å². The molecule has 2 aromatic carbocycles. The molecule has 0 radical (unpaired) electrons. The Hall–Kier alpha value is -3.52. The van der Waals surface area contributed by atoms with Crippen molar-refractivity contribution >= 4 is 34.8 Å². The van der Waals surface area contributed by atoms with E-state index in [4.69, 9.17) is 21.1 Å². The first-order valence-corrected chi connectivity index (χ1v) is 11.9. The molecule has 8 nitrogen and oxygen atoms in total. The molecule has 0 bridgehead atoms. The Kier molecular flexibility index (Phi) is 7.00. The van der Waals surface area contributed by atoms with Gasteiger partial charge < -0.3 is 9.47 Å². The minimum Gasteiger partial charge on any atom is -0.482 e. The summed E-state index contributed by atoms with van der Waals surface area (Å²) in [7, 11) is 1.28. The largest absolute Gasteiger partial charge is 0.482 e. The number of nitro benzene ring substituents is 1. The van der Waals surface area contributed by atoms with E-state index in [0.29, 0.717) is 40.4 Å². The summed E-state index contributed by atoms with van der Waals surface area (Å²) in [5.74, 6) is -2.17. The van der Waals surface area contributed by atoms with Crippen LogP contribution in [-0.2, 0) is 20.9 Å². The molecule has 0 aromatic heterocycles. The zero-order valence-corrected chi connectivity index (χ0v) is 21.3. The summed E-state index contributed by atoms with van der Waals surface area (Å²) >= 11 is 5.92. The lowest BCUT2D eigenvalue weighted by molar-refractivity contribution is -0.386. The molecule has 0 spiro atoms. The summed E-state index contributed by atoms with van der Waals surface area (Å²) in [6.45, 7) is 5.83. The number of hydrogen-bond donors (Lipinski definition) is 0. The van der Waals surface area contributed by atoms with Crippen LogP contribution < -0.4 is 4.74 Å². The minimum absolute atomic E-state index is 0.0832. The SMILES string of the molecule is COC(=O)C1C(C)=NC2=C(C(=O)CC(C)(C)C2)[C@H]1c1ccc(OCc2ccc(Cl)cc2)c([N+](=O)[O-])c1. The third kappa shape index (κ3) is 5.04. The quantitative estimate of drug-likeness (QED) is 0.275. The number of rotatable bonds is 6. The molecule has 2 atom stereocenters. The Balaban J connectivity index is 1.77. The number of carbonyl (C=O) groups excluding carboxylic acids is 2. The lowest BCUT2D eigenvalue weighted by Crippen LogP contribution is -2.39. The number of ketones is 1. The number of nitrogens with zero attached hydrogens (tertiary/aromatic N) is 2. The summed E-state index contributed by atoms with van der Waals surface area (Å²) in [6, 6.07) is 11.5. The average molecular weight is 511 g/mol. The molecule has 2 aromatic rings. The third-order valence-electron chi connectivity index (χ3n) is 6.60. The van der Waals surface area contributed by atoms with Gasteiger partial charge in [-0.15, -0.1) is 0 Å². The number of aliphatic imine (C=N–C) groups is 1. The summed E-state index contributed by atoms with van der Waals surface area (Å²) in [5.41, 5.74) is 2.31. The predicted octanol–water partition coefficient (Wildman–Crippen LogP) is 5.82. The summed E-state index contributed by atoms with van der Waals surface area (Å²) in [5, 5.41) is 12.6. The van der Waals surface area contributed by atoms with Crippen molar-refractivity contribution in [1.82, 2.24) is 0 Å². The second-order valence-corrected chi connectivity index (χ2v) is 10.4. The van der Waals surface area contributed by atoms with Crippen molar-refractivity contribution in [3.8, 4) is 5.75 Å². The number of hydrogen-bond acceptors (Lipinski definition) is 7. The first kappa shape index (κ1) is 25.6. The van der Waals surface area contributed by atoms with Gasteiger partial charge in [0.05, 0.1) is 12.0 Å². The van der Waals surface area contributed by atoms with Gasteiger partial charge in [0.2, 0.25) is 0 Å². The number of methoxy groups -OCH3 is 1. The van der Waals surface area contributed by atoms with Gasteiger partial charge in [-0.1, -0.05) is 43.6 Å². The van der Waals surface area contributed by atoms with Gasteiger partial charge in [0.1, 0.15) is 12.5 Å². The fourth-order valence-corrected chi connectivity index (χ4v) is 5.10. The Morgan fingerprint density at radius 3 is 2.53 bits per heavy atom. The third-order valence-corrected chi connectivity index (χ3v) is 6.86. The van der Waals surface area contributed by atoms with Crippen LogP contribution in [0.2, 0.25) is 5.02 Å². The van der Waals surface area contributed by atoms with Gasteiger partial charge in [0.15, 0.2) is 11.5 Å². The van der Waals surface area contributed by atoms with E-state index in [1.807, 2.05) is 13.8 Å². The summed E-state index contributed by atoms with van der Waals surface area (Å²) in [4.78, 5) is 42.2. The van der Waals surface area contributed by atoms with Crippen molar-refractivity contribution in [3.05, 3.63) is 80.0 Å². The highest BCUT2D eigenvalue weighted by Crippen LogP contribution is 2.48. The van der Waals surface area contributed by atoms with E-state index in [2.05, 4.69) is 4.99 Å². The van der Waals surface area contributed by atoms with Crippen molar-refractivity contribution in [2.75, 3.05) is 7.11 Å². The number of allylic oxidation sites excluding steroid dienone is 2. The van der Waals surface area contributed by atoms with Gasteiger partial charge in [-0.2, -0.15) is 0 Å². The lowest BCUT2D eigenvalue weighted by atomic mass is 9.67. The van der Waals surface area contributed by atoms with E-state index < -0.39 is 22.7 Å². The monoisotopic (exact) mass is 510 g/mol. The molecule has 1 unspecified atom stereocenters. The van der Waals surface area contributed by atoms with E-state index in [-0.39, 0.29) is 29.2 Å². The number of ether oxygens (including phenoxy) is 2. The van der Waals surface area contributed by atoms with Gasteiger partial charge in [-0.05, 0) is 48.1 Å². The Labute approximate surface area is 214 Å². The predicted molar refractivity (Wildman–Crippen MR) is 135 cm³/mol. The molecular formula is C27H27ClN2O6. The maximum Gasteiger partial charge on any atom is 0.315 e. The van der Waals surface area contributed by atoms with Crippen molar-refractivity contribution in [2.45, 2.75) is 46.1 Å². The number of esters is 1. The summed E-state index contributed by atoms with van der Waals surface area (Å²) < 4.78 is 10.8. The Bertz CT molecular complexity index is 1300. The van der Waals surface area contributed by atoms with Crippen LogP contribution in [0.5, 0.6) is 5.75 Å². The topological polar surface area (TPSA) is 108 Å². The molecular weight excluding hydrogens is 484 g/mol. The van der Waals surface area contributed by atoms with Gasteiger partial charge >= 0.3 is 11.7 Å². The number of nitro groups is 1. The van der Waals surface area contributed by atoms with Crippen molar-refractivity contribution < 1.29 is 24.0 Å². The highest BCUT2D eigenvalue weighted by atomic mass is 35.5. The Morgan fingerprint density at radius 1 is 1.19 bits per heavy atom. The van der Waals surface area contributed by atoms with Crippen LogP contribution >= 0.6 is 11.6 Å². The molecule has 1 heterocycles. The van der Waals surface area contributed by atoms with Crippen LogP contribution in [0.15, 0.2) is 58.7 Å². The van der Waals surface area contributed by atoms with Crippen molar-refractivity contribution in [3.63, 3.8) is 0 Å². The van der Waals surface area contributed by atoms with Crippen molar-refractivity contribution in [2.24, 2.45) is 16.3 Å². The normalized spacial score (nSPS) is 20.9. The summed E-state index contributed by atoms with van der Waals surface area (Å²) in [6.07, 6.45) is 0.870. The maximum absolute atomic E-state index is 13.3. The lowest BCUT2D eigenvalue weighted by Gasteiger charge is -2.38. The van der Waals surface area contributed by atoms with Crippen LogP contribution in [-0.4, -0.2) is 29.5 Å². The van der Waals surface area contributed by atoms with E-state index in [1.54, 1.807) is 37.3 Å². The molecule has 1 aliphatic carbocycles. The highest BCUT2D eigenvalue weighted by molar-refractivity contribution is 6.30. The van der Waals surface area contributed by atoms with Crippen molar-refractivity contribution in [1.29, 1.82) is 0 Å². The van der Waals surface area contributed by atoms with Crippen LogP contribution in [0.3, 0.4) is 0 Å². The number of halogens is 1. The first-order chi connectivity index (χ1) is 17.0. The fraction of sp³-hybridized carbons (Fsp3) is 0.370. The van der Waals surface area contributed by atoms with E-state index in [0.717, 1.165) is 5.56 Å². The minimum atomic E-state index is -0.862. The fourth-order valence-electron chi connectivity index (χ4n) is 4.97. The van der Waals surface area contributed by atoms with E-state index >= 15 is 0 Å². The Morgan fingerprint density at radius 2 is 1.89 bits per heavy atom. The molecule has 0 saturated heterocycles. The first-order valence-electron chi connectivity index (χ1n) is 11.6. The average Bonchev–Trinajstić information content (AvgIpc) is 2.81. The maximum atomic E-state index is 13.3. The van der Waals surface area contributed by atoms with Crippen LogP contribution in [0.25, 0.3) is 0 Å². The van der Waals surface area contributed by atoms with Crippen LogP contribution in [0.1, 0.15) is 50.7 Å². The zero-order chi connectivity index (χ0) is 26.2. The second kappa shape index (κ2) is 9.85. The van der Waals surface area contributed by atoms with Crippen LogP contribution in [0, 0.1) is 21.4 Å². The molecule has 36 heavy (non-hydrogen) atoms. The van der Waals surface area contributed by atoms with Crippen LogP contribution in [0.4, 0.5) is 5.69 Å². The standard InChI is InChI=1S/C27H27ClN2O6/c1-15-23(26(32)35-4)24(25-19(29-15)12-27(2,3)13-21(25)31)17-7-10-22(20(11-17)30(33)34)36-14-16-5-8-18(28)9-6-16/h5-11,23-24H,12-14H2,1-4H3/t23?,24-/m0/s1. The smallest absolute Gasteiger partial charge is 0.315 e. The number of Topliss-reactive ketones (excluding diaryl/α,β-unsaturated/α-hetero) is 1. The van der Waals surface area contributed by atoms with Gasteiger partial charge in [-0.3, -0.25) is 24.7 Å². The molecule has 9 heteroatoms. The highest BCUT2D eigenvalue weighted by Gasteiger charge is 2.46. The zero-order valence-electron chi connectivity index (χ0n) is 20.5. The molecule has 0 N–H and O–H groups in total. The molecule has 0 amide bonds. The van der Waals surface area contributed by atoms with Gasteiger partial charge in [-0.25, -0.2) is 0 Å². The van der Waals surface area contributed by atoms with Gasteiger partial charge in [0, 0.05) is 40.4 Å². The number of carbonyl (C=O) groups is 2. The molecule has 2 aliphatic rings. The van der Waals surface area contributed by atoms with Gasteiger partial charge in [0.25, 0.3) is 0 Å².